The van der Waals surface area contributed by atoms with Gasteiger partial charge in [0.25, 0.3) is 11.6 Å². The van der Waals surface area contributed by atoms with Crippen molar-refractivity contribution in [1.82, 2.24) is 5.43 Å². The van der Waals surface area contributed by atoms with Gasteiger partial charge in [0, 0.05) is 17.7 Å². The summed E-state index contributed by atoms with van der Waals surface area (Å²) < 4.78 is 17.6. The first kappa shape index (κ1) is 25.7. The number of nitro benzene ring substituents is 1. The molecule has 1 amide bonds. The molecule has 3 aromatic carbocycles. The van der Waals surface area contributed by atoms with Crippen LogP contribution in [0.25, 0.3) is 0 Å². The Morgan fingerprint density at radius 3 is 2.34 bits per heavy atom. The summed E-state index contributed by atoms with van der Waals surface area (Å²) in [5, 5.41) is 14.9. The van der Waals surface area contributed by atoms with Gasteiger partial charge in [-0.1, -0.05) is 0 Å². The fourth-order valence-electron chi connectivity index (χ4n) is 3.03. The summed E-state index contributed by atoms with van der Waals surface area (Å²) in [6, 6.07) is 16.4. The Balaban J connectivity index is 1.67. The normalized spacial score (nSPS) is 10.7. The molecule has 0 saturated heterocycles. The predicted molar refractivity (Wildman–Crippen MR) is 135 cm³/mol. The maximum Gasteiger partial charge on any atom is 0.271 e. The molecule has 0 aliphatic carbocycles. The average molecular weight is 542 g/mol. The number of amides is 1. The van der Waals surface area contributed by atoms with Crippen molar-refractivity contribution in [2.45, 2.75) is 20.5 Å². The van der Waals surface area contributed by atoms with E-state index in [1.54, 1.807) is 48.5 Å². The number of non-ortho nitro benzene ring substituents is 1. The zero-order valence-corrected chi connectivity index (χ0v) is 20.8. The molecule has 0 heterocycles. The molecule has 1 N–H and O–H groups in total. The highest BCUT2D eigenvalue weighted by Crippen LogP contribution is 2.37. The highest BCUT2D eigenvalue weighted by Gasteiger charge is 2.13. The van der Waals surface area contributed by atoms with Gasteiger partial charge >= 0.3 is 0 Å². The van der Waals surface area contributed by atoms with Gasteiger partial charge in [-0.15, -0.1) is 0 Å². The van der Waals surface area contributed by atoms with E-state index in [9.17, 15) is 14.9 Å². The molecule has 0 spiro atoms. The van der Waals surface area contributed by atoms with Crippen LogP contribution in [0.1, 0.15) is 35.3 Å². The molecule has 0 fully saturated rings. The van der Waals surface area contributed by atoms with Crippen LogP contribution in [-0.4, -0.2) is 30.3 Å². The molecule has 10 heteroatoms. The zero-order chi connectivity index (χ0) is 25.2. The van der Waals surface area contributed by atoms with Crippen LogP contribution in [0.2, 0.25) is 0 Å². The molecule has 182 valence electrons. The summed E-state index contributed by atoms with van der Waals surface area (Å²) in [5.74, 6) is 1.32. The summed E-state index contributed by atoms with van der Waals surface area (Å²) in [5.41, 5.74) is 4.42. The van der Waals surface area contributed by atoms with E-state index in [1.165, 1.54) is 18.3 Å². The van der Waals surface area contributed by atoms with Crippen LogP contribution in [-0.2, 0) is 6.61 Å². The van der Waals surface area contributed by atoms with Crippen molar-refractivity contribution in [2.24, 2.45) is 5.10 Å². The largest absolute Gasteiger partial charge is 0.494 e. The number of nitrogens with one attached hydrogen (secondary N) is 1. The lowest BCUT2D eigenvalue weighted by molar-refractivity contribution is -0.384. The number of hydrazone groups is 1. The van der Waals surface area contributed by atoms with Gasteiger partial charge in [0.05, 0.1) is 28.8 Å². The van der Waals surface area contributed by atoms with Crippen LogP contribution < -0.4 is 19.6 Å². The molecule has 35 heavy (non-hydrogen) atoms. The first-order valence-corrected chi connectivity index (χ1v) is 11.6. The third kappa shape index (κ3) is 7.28. The number of rotatable bonds is 11. The second-order valence-electron chi connectivity index (χ2n) is 7.13. The summed E-state index contributed by atoms with van der Waals surface area (Å²) in [6.45, 7) is 4.90. The van der Waals surface area contributed by atoms with Gasteiger partial charge in [-0.25, -0.2) is 5.43 Å². The predicted octanol–water partition coefficient (Wildman–Crippen LogP) is 5.50. The van der Waals surface area contributed by atoms with Crippen molar-refractivity contribution in [3.05, 3.63) is 91.9 Å². The first-order chi connectivity index (χ1) is 16.9. The number of benzene rings is 3. The topological polar surface area (TPSA) is 112 Å². The van der Waals surface area contributed by atoms with Gasteiger partial charge in [-0.05, 0) is 89.4 Å². The standard InChI is InChI=1S/C25H24BrN3O6/c1-3-33-21-11-7-19(8-12-21)25(30)28-27-15-18-13-22(26)24(23(14-18)34-4-2)35-16-17-5-9-20(10-6-17)29(31)32/h5-15H,3-4,16H2,1-2H3,(H,28,30)/b27-15+. The van der Waals surface area contributed by atoms with E-state index in [1.807, 2.05) is 13.8 Å². The van der Waals surface area contributed by atoms with Crippen molar-refractivity contribution in [1.29, 1.82) is 0 Å². The molecule has 0 atom stereocenters. The molecular formula is C25H24BrN3O6. The minimum atomic E-state index is -0.449. The number of ether oxygens (including phenoxy) is 3. The van der Waals surface area contributed by atoms with Crippen LogP contribution >= 0.6 is 15.9 Å². The van der Waals surface area contributed by atoms with E-state index < -0.39 is 4.92 Å². The monoisotopic (exact) mass is 541 g/mol. The second-order valence-corrected chi connectivity index (χ2v) is 7.99. The number of halogens is 1. The molecule has 3 aromatic rings. The summed E-state index contributed by atoms with van der Waals surface area (Å²) >= 11 is 3.49. The van der Waals surface area contributed by atoms with E-state index in [0.29, 0.717) is 46.1 Å². The van der Waals surface area contributed by atoms with E-state index in [0.717, 1.165) is 5.56 Å². The molecule has 0 aliphatic rings. The Morgan fingerprint density at radius 2 is 1.71 bits per heavy atom. The Bertz CT molecular complexity index is 1200. The number of carbonyl (C=O) groups excluding carboxylic acids is 1. The SMILES string of the molecule is CCOc1ccc(C(=O)N/N=C/c2cc(Br)c(OCc3ccc([N+](=O)[O-])cc3)c(OCC)c2)cc1. The molecule has 0 radical (unpaired) electrons. The lowest BCUT2D eigenvalue weighted by Crippen LogP contribution is -2.17. The van der Waals surface area contributed by atoms with Crippen LogP contribution in [0.15, 0.2) is 70.2 Å². The second kappa shape index (κ2) is 12.5. The van der Waals surface area contributed by atoms with Gasteiger partial charge in [-0.3, -0.25) is 14.9 Å². The minimum absolute atomic E-state index is 0.0168. The Morgan fingerprint density at radius 1 is 1.03 bits per heavy atom. The molecule has 0 aromatic heterocycles. The highest BCUT2D eigenvalue weighted by molar-refractivity contribution is 9.10. The summed E-state index contributed by atoms with van der Waals surface area (Å²) in [7, 11) is 0. The Hall–Kier alpha value is -3.92. The summed E-state index contributed by atoms with van der Waals surface area (Å²) in [4.78, 5) is 22.7. The van der Waals surface area contributed by atoms with Crippen molar-refractivity contribution in [3.63, 3.8) is 0 Å². The average Bonchev–Trinajstić information content (AvgIpc) is 2.84. The number of nitro groups is 1. The van der Waals surface area contributed by atoms with E-state index in [-0.39, 0.29) is 18.2 Å². The minimum Gasteiger partial charge on any atom is -0.494 e. The Labute approximate surface area is 211 Å². The van der Waals surface area contributed by atoms with Crippen LogP contribution in [0.4, 0.5) is 5.69 Å². The lowest BCUT2D eigenvalue weighted by Gasteiger charge is -2.14. The van der Waals surface area contributed by atoms with Crippen LogP contribution in [0.5, 0.6) is 17.2 Å². The summed E-state index contributed by atoms with van der Waals surface area (Å²) in [6.07, 6.45) is 1.50. The molecular weight excluding hydrogens is 518 g/mol. The molecule has 0 saturated carbocycles. The first-order valence-electron chi connectivity index (χ1n) is 10.8. The van der Waals surface area contributed by atoms with Crippen molar-refractivity contribution >= 4 is 33.7 Å². The fourth-order valence-corrected chi connectivity index (χ4v) is 3.61. The number of nitrogens with zero attached hydrogens (tertiary/aromatic N) is 2. The molecule has 3 rings (SSSR count). The fraction of sp³-hybridized carbons (Fsp3) is 0.200. The number of hydrogen-bond donors (Lipinski definition) is 1. The van der Waals surface area contributed by atoms with E-state index >= 15 is 0 Å². The van der Waals surface area contributed by atoms with Gasteiger partial charge in [0.1, 0.15) is 12.4 Å². The van der Waals surface area contributed by atoms with Gasteiger partial charge in [-0.2, -0.15) is 5.10 Å². The number of hydrogen-bond acceptors (Lipinski definition) is 7. The molecule has 0 unspecified atom stereocenters. The van der Waals surface area contributed by atoms with E-state index in [4.69, 9.17) is 14.2 Å². The molecule has 0 aliphatic heterocycles. The van der Waals surface area contributed by atoms with Crippen molar-refractivity contribution < 1.29 is 23.9 Å². The van der Waals surface area contributed by atoms with Gasteiger partial charge in [0.15, 0.2) is 11.5 Å². The smallest absolute Gasteiger partial charge is 0.271 e. The molecule has 0 bridgehead atoms. The van der Waals surface area contributed by atoms with Crippen molar-refractivity contribution in [3.8, 4) is 17.2 Å². The number of carbonyl (C=O) groups is 1. The molecule has 9 nitrogen and oxygen atoms in total. The third-order valence-electron chi connectivity index (χ3n) is 4.67. The maximum absolute atomic E-state index is 12.3. The van der Waals surface area contributed by atoms with Crippen molar-refractivity contribution in [2.75, 3.05) is 13.2 Å². The van der Waals surface area contributed by atoms with Crippen LogP contribution in [0.3, 0.4) is 0 Å². The lowest BCUT2D eigenvalue weighted by atomic mass is 10.2. The zero-order valence-electron chi connectivity index (χ0n) is 19.2. The van der Waals surface area contributed by atoms with Crippen LogP contribution in [0, 0.1) is 10.1 Å². The quantitative estimate of drug-likeness (QED) is 0.195. The van der Waals surface area contributed by atoms with Gasteiger partial charge in [0.2, 0.25) is 0 Å². The van der Waals surface area contributed by atoms with Gasteiger partial charge < -0.3 is 14.2 Å². The van der Waals surface area contributed by atoms with E-state index in [2.05, 4.69) is 26.5 Å². The third-order valence-corrected chi connectivity index (χ3v) is 5.26. The highest BCUT2D eigenvalue weighted by atomic mass is 79.9. The maximum atomic E-state index is 12.3. The Kier molecular flexibility index (Phi) is 9.19.